The molecule has 1 heterocycles. The third kappa shape index (κ3) is 2.83. The lowest BCUT2D eigenvalue weighted by Gasteiger charge is -2.11. The summed E-state index contributed by atoms with van der Waals surface area (Å²) in [6.45, 7) is 8.05. The molecule has 0 radical (unpaired) electrons. The van der Waals surface area contributed by atoms with Gasteiger partial charge >= 0.3 is 0 Å². The van der Waals surface area contributed by atoms with Crippen LogP contribution in [0.25, 0.3) is 10.2 Å². The second-order valence-electron chi connectivity index (χ2n) is 5.81. The number of terminal acetylenes is 1. The number of nitrogens with zero attached hydrogens (tertiary/aromatic N) is 2. The van der Waals surface area contributed by atoms with Crippen molar-refractivity contribution in [3.63, 3.8) is 0 Å². The molecule has 0 atom stereocenters. The standard InChI is InChI=1S/C16H18N2OS/c1-6-9-18-12-8-7-11(2)10-13(12)20-15(18)17-14(19)16(3,4)5/h1,7-8,10H,9H2,2-5H3. The smallest absolute Gasteiger partial charge is 0.253 e. The van der Waals surface area contributed by atoms with Crippen LogP contribution in [0.4, 0.5) is 0 Å². The van der Waals surface area contributed by atoms with Crippen LogP contribution in [-0.2, 0) is 11.3 Å². The molecule has 0 saturated carbocycles. The van der Waals surface area contributed by atoms with Gasteiger partial charge in [-0.05, 0) is 24.6 Å². The number of amides is 1. The molecule has 0 fully saturated rings. The average molecular weight is 286 g/mol. The largest absolute Gasteiger partial charge is 0.305 e. The zero-order chi connectivity index (χ0) is 14.9. The number of thiazole rings is 1. The summed E-state index contributed by atoms with van der Waals surface area (Å²) in [5.74, 6) is 2.49. The van der Waals surface area contributed by atoms with Crippen LogP contribution >= 0.6 is 11.3 Å². The molecule has 1 amide bonds. The maximum atomic E-state index is 12.1. The molecular weight excluding hydrogens is 268 g/mol. The minimum absolute atomic E-state index is 0.133. The Morgan fingerprint density at radius 3 is 2.75 bits per heavy atom. The molecule has 3 nitrogen and oxygen atoms in total. The maximum Gasteiger partial charge on any atom is 0.253 e. The quantitative estimate of drug-likeness (QED) is 0.742. The summed E-state index contributed by atoms with van der Waals surface area (Å²) in [6.07, 6.45) is 5.43. The molecule has 0 unspecified atom stereocenters. The van der Waals surface area contributed by atoms with Gasteiger partial charge in [0, 0.05) is 5.41 Å². The third-order valence-corrected chi connectivity index (χ3v) is 3.97. The molecule has 104 valence electrons. The van der Waals surface area contributed by atoms with Crippen molar-refractivity contribution in [3.8, 4) is 12.3 Å². The predicted octanol–water partition coefficient (Wildman–Crippen LogP) is 3.12. The molecule has 0 aliphatic carbocycles. The van der Waals surface area contributed by atoms with Crippen LogP contribution in [0.15, 0.2) is 23.2 Å². The maximum absolute atomic E-state index is 12.1. The first-order valence-corrected chi connectivity index (χ1v) is 7.27. The second kappa shape index (κ2) is 5.26. The zero-order valence-electron chi connectivity index (χ0n) is 12.2. The fourth-order valence-corrected chi connectivity index (χ4v) is 2.89. The summed E-state index contributed by atoms with van der Waals surface area (Å²) < 4.78 is 3.02. The van der Waals surface area contributed by atoms with E-state index in [1.54, 1.807) is 0 Å². The Morgan fingerprint density at radius 1 is 1.45 bits per heavy atom. The Morgan fingerprint density at radius 2 is 2.15 bits per heavy atom. The fourth-order valence-electron chi connectivity index (χ4n) is 1.76. The lowest BCUT2D eigenvalue weighted by atomic mass is 9.96. The predicted molar refractivity (Wildman–Crippen MR) is 83.4 cm³/mol. The van der Waals surface area contributed by atoms with Crippen LogP contribution in [0, 0.1) is 24.7 Å². The first-order valence-electron chi connectivity index (χ1n) is 6.45. The van der Waals surface area contributed by atoms with Gasteiger partial charge in [-0.2, -0.15) is 4.99 Å². The highest BCUT2D eigenvalue weighted by atomic mass is 32.1. The van der Waals surface area contributed by atoms with Crippen molar-refractivity contribution in [2.45, 2.75) is 34.2 Å². The van der Waals surface area contributed by atoms with Crippen LogP contribution in [-0.4, -0.2) is 10.5 Å². The Bertz CT molecular complexity index is 766. The third-order valence-electron chi connectivity index (χ3n) is 2.93. The summed E-state index contributed by atoms with van der Waals surface area (Å²) in [7, 11) is 0. The van der Waals surface area contributed by atoms with Gasteiger partial charge in [0.2, 0.25) is 0 Å². The Labute approximate surface area is 123 Å². The van der Waals surface area contributed by atoms with Gasteiger partial charge in [-0.25, -0.2) is 0 Å². The number of fused-ring (bicyclic) bond motifs is 1. The van der Waals surface area contributed by atoms with Crippen molar-refractivity contribution in [2.75, 3.05) is 0 Å². The Hall–Kier alpha value is -1.86. The molecule has 0 aliphatic heterocycles. The molecule has 2 aromatic rings. The van der Waals surface area contributed by atoms with Gasteiger partial charge in [0.25, 0.3) is 5.91 Å². The topological polar surface area (TPSA) is 34.4 Å². The number of aryl methyl sites for hydroxylation is 1. The number of hydrogen-bond acceptors (Lipinski definition) is 2. The number of benzene rings is 1. The van der Waals surface area contributed by atoms with E-state index in [1.807, 2.05) is 44.4 Å². The lowest BCUT2D eigenvalue weighted by molar-refractivity contribution is -0.125. The van der Waals surface area contributed by atoms with Crippen LogP contribution in [0.5, 0.6) is 0 Å². The number of carbonyl (C=O) groups excluding carboxylic acids is 1. The monoisotopic (exact) mass is 286 g/mol. The molecule has 0 N–H and O–H groups in total. The van der Waals surface area contributed by atoms with Crippen LogP contribution < -0.4 is 4.80 Å². The molecule has 2 rings (SSSR count). The SMILES string of the molecule is C#CCn1c(=NC(=O)C(C)(C)C)sc2cc(C)ccc21. The molecule has 0 aliphatic rings. The van der Waals surface area contributed by atoms with Gasteiger partial charge in [0.1, 0.15) is 0 Å². The van der Waals surface area contributed by atoms with Crippen LogP contribution in [0.1, 0.15) is 26.3 Å². The highest BCUT2D eigenvalue weighted by molar-refractivity contribution is 7.16. The summed E-state index contributed by atoms with van der Waals surface area (Å²) in [5, 5.41) is 0. The summed E-state index contributed by atoms with van der Waals surface area (Å²) in [4.78, 5) is 17.0. The molecular formula is C16H18N2OS. The van der Waals surface area contributed by atoms with Gasteiger partial charge in [-0.15, -0.1) is 6.42 Å². The van der Waals surface area contributed by atoms with Crippen molar-refractivity contribution < 1.29 is 4.79 Å². The van der Waals surface area contributed by atoms with E-state index in [1.165, 1.54) is 16.9 Å². The van der Waals surface area contributed by atoms with E-state index in [0.717, 1.165) is 10.2 Å². The Kier molecular flexibility index (Phi) is 3.82. The zero-order valence-corrected chi connectivity index (χ0v) is 13.0. The molecule has 1 aromatic heterocycles. The number of aromatic nitrogens is 1. The van der Waals surface area contributed by atoms with Crippen molar-refractivity contribution in [3.05, 3.63) is 28.6 Å². The van der Waals surface area contributed by atoms with E-state index in [0.29, 0.717) is 11.3 Å². The summed E-state index contributed by atoms with van der Waals surface area (Å²) in [6, 6.07) is 6.16. The van der Waals surface area contributed by atoms with Gasteiger partial charge in [-0.3, -0.25) is 4.79 Å². The van der Waals surface area contributed by atoms with Crippen LogP contribution in [0.3, 0.4) is 0 Å². The van der Waals surface area contributed by atoms with E-state index in [9.17, 15) is 4.79 Å². The van der Waals surface area contributed by atoms with Crippen molar-refractivity contribution in [2.24, 2.45) is 10.4 Å². The number of carbonyl (C=O) groups is 1. The van der Waals surface area contributed by atoms with E-state index >= 15 is 0 Å². The van der Waals surface area contributed by atoms with Crippen LogP contribution in [0.2, 0.25) is 0 Å². The van der Waals surface area contributed by atoms with Gasteiger partial charge < -0.3 is 4.57 Å². The highest BCUT2D eigenvalue weighted by Crippen LogP contribution is 2.20. The highest BCUT2D eigenvalue weighted by Gasteiger charge is 2.21. The van der Waals surface area contributed by atoms with Crippen molar-refractivity contribution >= 4 is 27.5 Å². The first-order chi connectivity index (χ1) is 9.32. The fraction of sp³-hybridized carbons (Fsp3) is 0.375. The average Bonchev–Trinajstić information content (AvgIpc) is 2.66. The van der Waals surface area contributed by atoms with Gasteiger partial charge in [0.05, 0.1) is 16.8 Å². The molecule has 4 heteroatoms. The van der Waals surface area contributed by atoms with Crippen molar-refractivity contribution in [1.29, 1.82) is 0 Å². The lowest BCUT2D eigenvalue weighted by Crippen LogP contribution is -2.23. The number of hydrogen-bond donors (Lipinski definition) is 0. The summed E-state index contributed by atoms with van der Waals surface area (Å²) in [5.41, 5.74) is 1.72. The molecule has 0 spiro atoms. The molecule has 0 saturated heterocycles. The molecule has 20 heavy (non-hydrogen) atoms. The second-order valence-corrected chi connectivity index (χ2v) is 6.82. The van der Waals surface area contributed by atoms with Gasteiger partial charge in [0.15, 0.2) is 4.80 Å². The summed E-state index contributed by atoms with van der Waals surface area (Å²) >= 11 is 1.50. The van der Waals surface area contributed by atoms with E-state index in [4.69, 9.17) is 6.42 Å². The van der Waals surface area contributed by atoms with Gasteiger partial charge in [-0.1, -0.05) is 44.1 Å². The first kappa shape index (κ1) is 14.5. The molecule has 0 bridgehead atoms. The minimum atomic E-state index is -0.486. The Balaban J connectivity index is 2.70. The molecule has 1 aromatic carbocycles. The number of rotatable bonds is 1. The minimum Gasteiger partial charge on any atom is -0.305 e. The van der Waals surface area contributed by atoms with E-state index in [2.05, 4.69) is 17.0 Å². The normalized spacial score (nSPS) is 12.7. The van der Waals surface area contributed by atoms with Crippen molar-refractivity contribution in [1.82, 2.24) is 4.57 Å². The van der Waals surface area contributed by atoms with E-state index < -0.39 is 5.41 Å². The van der Waals surface area contributed by atoms with E-state index in [-0.39, 0.29) is 5.91 Å².